The molecule has 8 nitrogen and oxygen atoms in total. The predicted octanol–water partition coefficient (Wildman–Crippen LogP) is 3.14. The fourth-order valence-corrected chi connectivity index (χ4v) is 3.74. The molecule has 0 fully saturated rings. The molecule has 4 rings (SSSR count). The Hall–Kier alpha value is -3.68. The van der Waals surface area contributed by atoms with Crippen molar-refractivity contribution >= 4 is 27.9 Å². The van der Waals surface area contributed by atoms with Gasteiger partial charge in [-0.1, -0.05) is 31.2 Å². The minimum atomic E-state index is -0.719. The second-order valence-corrected chi connectivity index (χ2v) is 7.42. The Balaban J connectivity index is 1.50. The summed E-state index contributed by atoms with van der Waals surface area (Å²) in [5.41, 5.74) is 1.78. The molecule has 0 aliphatic carbocycles. The van der Waals surface area contributed by atoms with Gasteiger partial charge in [0.25, 0.3) is 5.56 Å². The number of H-pyrrole nitrogens is 1. The highest BCUT2D eigenvalue weighted by atomic mass is 16.5. The lowest BCUT2D eigenvalue weighted by Crippen LogP contribution is -2.25. The average Bonchev–Trinajstić information content (AvgIpc) is 3.03. The number of fused-ring (bicyclic) bond motifs is 2. The van der Waals surface area contributed by atoms with Crippen LogP contribution in [0, 0.1) is 0 Å². The zero-order chi connectivity index (χ0) is 22.0. The lowest BCUT2D eigenvalue weighted by molar-refractivity contribution is -0.149. The number of carbonyl (C=O) groups excluding carboxylic acids is 1. The van der Waals surface area contributed by atoms with Gasteiger partial charge in [-0.3, -0.25) is 18.7 Å². The molecule has 4 aromatic rings. The van der Waals surface area contributed by atoms with Gasteiger partial charge in [0.1, 0.15) is 0 Å². The van der Waals surface area contributed by atoms with Gasteiger partial charge >= 0.3 is 11.7 Å². The normalized spacial score (nSPS) is 12.3. The number of hydrogen-bond donors (Lipinski definition) is 1. The van der Waals surface area contributed by atoms with E-state index in [1.807, 2.05) is 31.2 Å². The Morgan fingerprint density at radius 1 is 1.03 bits per heavy atom. The minimum Gasteiger partial charge on any atom is -0.454 e. The Morgan fingerprint density at radius 2 is 1.68 bits per heavy atom. The maximum absolute atomic E-state index is 12.8. The van der Waals surface area contributed by atoms with Gasteiger partial charge < -0.3 is 9.72 Å². The largest absolute Gasteiger partial charge is 0.454 e. The van der Waals surface area contributed by atoms with Crippen molar-refractivity contribution in [3.8, 4) is 0 Å². The van der Waals surface area contributed by atoms with Crippen LogP contribution in [0.5, 0.6) is 0 Å². The molecular formula is C23H24N4O4. The van der Waals surface area contributed by atoms with Crippen molar-refractivity contribution in [1.29, 1.82) is 0 Å². The van der Waals surface area contributed by atoms with Crippen molar-refractivity contribution in [2.45, 2.75) is 45.9 Å². The van der Waals surface area contributed by atoms with Crippen molar-refractivity contribution < 1.29 is 9.53 Å². The van der Waals surface area contributed by atoms with Gasteiger partial charge in [0.15, 0.2) is 11.9 Å². The number of aromatic nitrogens is 4. The molecule has 1 atom stereocenters. The molecule has 0 aliphatic rings. The van der Waals surface area contributed by atoms with Crippen molar-refractivity contribution in [1.82, 2.24) is 19.1 Å². The van der Waals surface area contributed by atoms with Crippen LogP contribution >= 0.6 is 0 Å². The first-order valence-electron chi connectivity index (χ1n) is 10.4. The first kappa shape index (κ1) is 20.6. The molecule has 0 spiro atoms. The van der Waals surface area contributed by atoms with Gasteiger partial charge in [-0.25, -0.2) is 9.78 Å². The van der Waals surface area contributed by atoms with E-state index in [1.54, 1.807) is 40.3 Å². The summed E-state index contributed by atoms with van der Waals surface area (Å²) in [6.07, 6.45) is 0.148. The van der Waals surface area contributed by atoms with E-state index < -0.39 is 12.1 Å². The Kier molecular flexibility index (Phi) is 5.70. The summed E-state index contributed by atoms with van der Waals surface area (Å²) in [6, 6.07) is 14.5. The molecule has 0 aliphatic heterocycles. The van der Waals surface area contributed by atoms with Gasteiger partial charge in [0.2, 0.25) is 0 Å². The molecule has 2 heterocycles. The second-order valence-electron chi connectivity index (χ2n) is 7.42. The van der Waals surface area contributed by atoms with E-state index in [9.17, 15) is 14.4 Å². The van der Waals surface area contributed by atoms with Crippen LogP contribution in [0.2, 0.25) is 0 Å². The molecular weight excluding hydrogens is 396 g/mol. The van der Waals surface area contributed by atoms with Crippen LogP contribution < -0.4 is 11.2 Å². The third-order valence-corrected chi connectivity index (χ3v) is 5.24. The fraction of sp³-hybridized carbons (Fsp3) is 0.304. The van der Waals surface area contributed by atoms with Crippen LogP contribution in [0.1, 0.15) is 38.6 Å². The van der Waals surface area contributed by atoms with E-state index in [-0.39, 0.29) is 30.0 Å². The summed E-state index contributed by atoms with van der Waals surface area (Å²) in [7, 11) is 0. The van der Waals surface area contributed by atoms with Crippen LogP contribution in [0.25, 0.3) is 21.9 Å². The van der Waals surface area contributed by atoms with Crippen molar-refractivity contribution in [3.63, 3.8) is 0 Å². The summed E-state index contributed by atoms with van der Waals surface area (Å²) in [4.78, 5) is 44.6. The fourth-order valence-electron chi connectivity index (χ4n) is 3.74. The number of imidazole rings is 1. The molecule has 31 heavy (non-hydrogen) atoms. The number of esters is 1. The van der Waals surface area contributed by atoms with Crippen LogP contribution in [-0.2, 0) is 22.6 Å². The lowest BCUT2D eigenvalue weighted by atomic mass is 10.2. The number of hydrogen-bond acceptors (Lipinski definition) is 5. The molecule has 0 radical (unpaired) electrons. The van der Waals surface area contributed by atoms with Crippen LogP contribution in [-0.4, -0.2) is 25.1 Å². The molecule has 2 aromatic heterocycles. The van der Waals surface area contributed by atoms with Gasteiger partial charge in [-0.2, -0.15) is 0 Å². The number of carbonyl (C=O) groups is 1. The molecule has 2 aromatic carbocycles. The third kappa shape index (κ3) is 4.01. The number of aryl methyl sites for hydroxylation is 2. The summed E-state index contributed by atoms with van der Waals surface area (Å²) in [6.45, 7) is 4.50. The topological polar surface area (TPSA) is 99.0 Å². The summed E-state index contributed by atoms with van der Waals surface area (Å²) in [5, 5.41) is 0.479. The first-order chi connectivity index (χ1) is 15.0. The molecule has 0 saturated carbocycles. The minimum absolute atomic E-state index is 0.0300. The molecule has 0 unspecified atom stereocenters. The number of rotatable bonds is 7. The monoisotopic (exact) mass is 420 g/mol. The van der Waals surface area contributed by atoms with Gasteiger partial charge in [0.05, 0.1) is 28.4 Å². The van der Waals surface area contributed by atoms with Crippen LogP contribution in [0.15, 0.2) is 58.1 Å². The summed E-state index contributed by atoms with van der Waals surface area (Å²) >= 11 is 0. The third-order valence-electron chi connectivity index (χ3n) is 5.24. The molecule has 0 bridgehead atoms. The molecule has 0 saturated heterocycles. The SMILES string of the molecule is CCCn1c(=O)n(CCC(=O)O[C@H](C)c2nc3ccccc3c(=O)[nH]2)c2ccccc21. The Labute approximate surface area is 178 Å². The maximum atomic E-state index is 12.8. The highest BCUT2D eigenvalue weighted by Crippen LogP contribution is 2.17. The number of benzene rings is 2. The highest BCUT2D eigenvalue weighted by Gasteiger charge is 2.17. The average molecular weight is 420 g/mol. The zero-order valence-electron chi connectivity index (χ0n) is 17.5. The standard InChI is InChI=1S/C23H24N4O4/c1-3-13-26-18-10-6-7-11-19(18)27(23(26)30)14-12-20(28)31-15(2)21-24-17-9-5-4-8-16(17)22(29)25-21/h4-11,15H,3,12-14H2,1-2H3,(H,24,25,29)/t15-/m1/s1. The number of ether oxygens (including phenoxy) is 1. The predicted molar refractivity (Wildman–Crippen MR) is 118 cm³/mol. The summed E-state index contributed by atoms with van der Waals surface area (Å²) < 4.78 is 8.81. The Morgan fingerprint density at radius 3 is 2.39 bits per heavy atom. The number of nitrogens with one attached hydrogen (secondary N) is 1. The van der Waals surface area contributed by atoms with Crippen molar-refractivity contribution in [2.75, 3.05) is 0 Å². The lowest BCUT2D eigenvalue weighted by Gasteiger charge is -2.13. The van der Waals surface area contributed by atoms with Crippen molar-refractivity contribution in [2.24, 2.45) is 0 Å². The highest BCUT2D eigenvalue weighted by molar-refractivity contribution is 5.77. The molecule has 1 N–H and O–H groups in total. The Bertz CT molecular complexity index is 1370. The maximum Gasteiger partial charge on any atom is 0.329 e. The quantitative estimate of drug-likeness (QED) is 0.463. The van der Waals surface area contributed by atoms with E-state index >= 15 is 0 Å². The zero-order valence-corrected chi connectivity index (χ0v) is 17.5. The van der Waals surface area contributed by atoms with Gasteiger partial charge in [0, 0.05) is 13.1 Å². The number of nitrogens with zero attached hydrogens (tertiary/aromatic N) is 3. The first-order valence-corrected chi connectivity index (χ1v) is 10.4. The molecule has 160 valence electrons. The second kappa shape index (κ2) is 8.59. The molecule has 0 amide bonds. The van der Waals surface area contributed by atoms with E-state index in [0.717, 1.165) is 17.5 Å². The van der Waals surface area contributed by atoms with Crippen molar-refractivity contribution in [3.05, 3.63) is 75.2 Å². The summed E-state index contributed by atoms with van der Waals surface area (Å²) in [5.74, 6) is -0.184. The molecule has 8 heteroatoms. The number of aromatic amines is 1. The smallest absolute Gasteiger partial charge is 0.329 e. The van der Waals surface area contributed by atoms with Gasteiger partial charge in [-0.15, -0.1) is 0 Å². The van der Waals surface area contributed by atoms with Gasteiger partial charge in [-0.05, 0) is 37.6 Å². The number of para-hydroxylation sites is 3. The van der Waals surface area contributed by atoms with E-state index in [2.05, 4.69) is 9.97 Å². The van der Waals surface area contributed by atoms with E-state index in [1.165, 1.54) is 0 Å². The van der Waals surface area contributed by atoms with E-state index in [4.69, 9.17) is 4.74 Å². The van der Waals surface area contributed by atoms with E-state index in [0.29, 0.717) is 17.4 Å². The van der Waals surface area contributed by atoms with Crippen LogP contribution in [0.3, 0.4) is 0 Å². The van der Waals surface area contributed by atoms with Crippen LogP contribution in [0.4, 0.5) is 0 Å².